The van der Waals surface area contributed by atoms with Crippen LogP contribution in [0.2, 0.25) is 0 Å². The van der Waals surface area contributed by atoms with Crippen molar-refractivity contribution in [1.82, 2.24) is 0 Å². The van der Waals surface area contributed by atoms with Gasteiger partial charge in [-0.1, -0.05) is 66.7 Å². The normalized spacial score (nSPS) is 11.3. The Kier molecular flexibility index (Phi) is 7.95. The summed E-state index contributed by atoms with van der Waals surface area (Å²) in [6.45, 7) is 0. The Labute approximate surface area is 221 Å². The Morgan fingerprint density at radius 2 is 0.806 bits per heavy atom. The van der Waals surface area contributed by atoms with Crippen LogP contribution in [0.5, 0.6) is 0 Å². The van der Waals surface area contributed by atoms with Crippen molar-refractivity contribution in [2.24, 2.45) is 0 Å². The fourth-order valence-electron chi connectivity index (χ4n) is 4.50. The smallest absolute Gasteiger partial charge is 0.0910 e. The molecule has 0 fully saturated rings. The van der Waals surface area contributed by atoms with E-state index in [1.54, 1.807) is 0 Å². The van der Waals surface area contributed by atoms with Crippen LogP contribution in [0.3, 0.4) is 0 Å². The highest BCUT2D eigenvalue weighted by atomic mass is 32.2. The fraction of sp³-hybridized carbons (Fsp3) is 0.250. The number of thioether (sulfide) groups is 1. The molecule has 0 spiro atoms. The Balaban J connectivity index is 1.92. The molecule has 4 aromatic rings. The average Bonchev–Trinajstić information content (AvgIpc) is 2.90. The van der Waals surface area contributed by atoms with Crippen molar-refractivity contribution in [1.29, 1.82) is 0 Å². The topological polar surface area (TPSA) is 9.72 Å². The van der Waals surface area contributed by atoms with E-state index >= 15 is 0 Å². The zero-order chi connectivity index (χ0) is 25.7. The molecule has 0 aliphatic carbocycles. The Morgan fingerprint density at radius 3 is 1.11 bits per heavy atom. The molecular formula is C32H37N3S. The van der Waals surface area contributed by atoms with Crippen molar-refractivity contribution in [2.75, 3.05) is 57.0 Å². The first-order valence-corrected chi connectivity index (χ1v) is 13.3. The molecule has 0 aliphatic heterocycles. The number of rotatable bonds is 9. The molecule has 0 amide bonds. The van der Waals surface area contributed by atoms with Crippen LogP contribution in [0, 0.1) is 0 Å². The van der Waals surface area contributed by atoms with Gasteiger partial charge < -0.3 is 14.7 Å². The minimum Gasteiger partial charge on any atom is -0.378 e. The number of anilines is 3. The summed E-state index contributed by atoms with van der Waals surface area (Å²) in [7, 11) is 12.5. The molecule has 0 aromatic heterocycles. The van der Waals surface area contributed by atoms with E-state index in [1.807, 2.05) is 11.8 Å². The highest BCUT2D eigenvalue weighted by molar-refractivity contribution is 7.99. The molecule has 4 rings (SSSR count). The van der Waals surface area contributed by atoms with E-state index < -0.39 is 0 Å². The third kappa shape index (κ3) is 5.39. The van der Waals surface area contributed by atoms with Gasteiger partial charge in [0.15, 0.2) is 0 Å². The molecule has 4 heteroatoms. The van der Waals surface area contributed by atoms with Crippen molar-refractivity contribution >= 4 is 28.8 Å². The van der Waals surface area contributed by atoms with E-state index in [1.165, 1.54) is 39.3 Å². The van der Waals surface area contributed by atoms with Crippen molar-refractivity contribution in [3.8, 4) is 0 Å². The van der Waals surface area contributed by atoms with Crippen molar-refractivity contribution in [3.63, 3.8) is 0 Å². The molecule has 36 heavy (non-hydrogen) atoms. The van der Waals surface area contributed by atoms with Crippen LogP contribution in [-0.4, -0.2) is 42.3 Å². The van der Waals surface area contributed by atoms with E-state index in [0.29, 0.717) is 0 Å². The Morgan fingerprint density at radius 1 is 0.472 bits per heavy atom. The van der Waals surface area contributed by atoms with Crippen LogP contribution >= 0.6 is 11.8 Å². The van der Waals surface area contributed by atoms with Crippen molar-refractivity contribution in [2.45, 2.75) is 10.5 Å². The summed E-state index contributed by atoms with van der Waals surface area (Å²) in [6.07, 6.45) is 0. The standard InChI is InChI=1S/C32H37N3S/c1-33(2)29-18-12-26(13-19-29)32(36-24-25-10-8-7-9-11-25,27-14-20-30(21-15-27)34(3)4)28-16-22-31(23-17-28)35(5)6/h7-23H,24H2,1-6H3. The molecule has 0 saturated heterocycles. The van der Waals surface area contributed by atoms with Crippen LogP contribution < -0.4 is 14.7 Å². The van der Waals surface area contributed by atoms with Crippen molar-refractivity contribution in [3.05, 3.63) is 125 Å². The largest absolute Gasteiger partial charge is 0.378 e. The van der Waals surface area contributed by atoms with Crippen molar-refractivity contribution < 1.29 is 0 Å². The van der Waals surface area contributed by atoms with Crippen LogP contribution in [0.25, 0.3) is 0 Å². The second kappa shape index (κ2) is 11.1. The first kappa shape index (κ1) is 25.7. The SMILES string of the molecule is CN(C)c1ccc(C(SCc2ccccc2)(c2ccc(N(C)C)cc2)c2ccc(N(C)C)cc2)cc1. The number of benzene rings is 4. The van der Waals surface area contributed by atoms with Gasteiger partial charge in [0.1, 0.15) is 0 Å². The summed E-state index contributed by atoms with van der Waals surface area (Å²) < 4.78 is -0.365. The highest BCUT2D eigenvalue weighted by Crippen LogP contribution is 2.50. The molecule has 0 aliphatic rings. The van der Waals surface area contributed by atoms with E-state index in [9.17, 15) is 0 Å². The quantitative estimate of drug-likeness (QED) is 0.229. The zero-order valence-corrected chi connectivity index (χ0v) is 23.1. The summed E-state index contributed by atoms with van der Waals surface area (Å²) in [5.74, 6) is 0.904. The lowest BCUT2D eigenvalue weighted by Gasteiger charge is -2.36. The second-order valence-electron chi connectivity index (χ2n) is 9.78. The maximum Gasteiger partial charge on any atom is 0.0910 e. The molecule has 0 saturated carbocycles. The van der Waals surface area contributed by atoms with Gasteiger partial charge in [0.25, 0.3) is 0 Å². The summed E-state index contributed by atoms with van der Waals surface area (Å²) in [4.78, 5) is 6.46. The fourth-order valence-corrected chi connectivity index (χ4v) is 5.98. The van der Waals surface area contributed by atoms with Gasteiger partial charge in [-0.25, -0.2) is 0 Å². The zero-order valence-electron chi connectivity index (χ0n) is 22.3. The highest BCUT2D eigenvalue weighted by Gasteiger charge is 2.37. The van der Waals surface area contributed by atoms with E-state index in [4.69, 9.17) is 0 Å². The summed E-state index contributed by atoms with van der Waals surface area (Å²) in [5, 5.41) is 0. The minimum atomic E-state index is -0.365. The summed E-state index contributed by atoms with van der Waals surface area (Å²) in [5.41, 5.74) is 8.77. The number of hydrogen-bond donors (Lipinski definition) is 0. The predicted molar refractivity (Wildman–Crippen MR) is 160 cm³/mol. The van der Waals surface area contributed by atoms with E-state index in [2.05, 4.69) is 160 Å². The molecule has 3 nitrogen and oxygen atoms in total. The van der Waals surface area contributed by atoms with Crippen LogP contribution in [0.15, 0.2) is 103 Å². The Hall–Kier alpha value is -3.37. The van der Waals surface area contributed by atoms with E-state index in [0.717, 1.165) is 5.75 Å². The lowest BCUT2D eigenvalue weighted by molar-refractivity contribution is 0.891. The van der Waals surface area contributed by atoms with Gasteiger partial charge in [-0.2, -0.15) is 0 Å². The minimum absolute atomic E-state index is 0.365. The lowest BCUT2D eigenvalue weighted by atomic mass is 9.83. The third-order valence-electron chi connectivity index (χ3n) is 6.67. The first-order valence-electron chi connectivity index (χ1n) is 12.3. The number of hydrogen-bond acceptors (Lipinski definition) is 4. The monoisotopic (exact) mass is 495 g/mol. The van der Waals surface area contributed by atoms with Gasteiger partial charge in [0.05, 0.1) is 4.75 Å². The van der Waals surface area contributed by atoms with Gasteiger partial charge in [-0.3, -0.25) is 0 Å². The Bertz CT molecular complexity index is 1100. The lowest BCUT2D eigenvalue weighted by Crippen LogP contribution is -2.26. The first-order chi connectivity index (χ1) is 17.3. The molecule has 0 atom stereocenters. The van der Waals surface area contributed by atoms with Crippen LogP contribution in [-0.2, 0) is 10.5 Å². The molecule has 0 heterocycles. The molecular weight excluding hydrogens is 458 g/mol. The van der Waals surface area contributed by atoms with Gasteiger partial charge in [-0.05, 0) is 58.7 Å². The van der Waals surface area contributed by atoms with Crippen LogP contribution in [0.1, 0.15) is 22.3 Å². The van der Waals surface area contributed by atoms with Gasteiger partial charge in [0.2, 0.25) is 0 Å². The summed E-state index contributed by atoms with van der Waals surface area (Å²) >= 11 is 1.98. The molecule has 0 bridgehead atoms. The second-order valence-corrected chi connectivity index (χ2v) is 11.0. The molecule has 186 valence electrons. The van der Waals surface area contributed by atoms with Gasteiger partial charge >= 0.3 is 0 Å². The third-order valence-corrected chi connectivity index (χ3v) is 8.29. The molecule has 0 N–H and O–H groups in total. The number of nitrogens with zero attached hydrogens (tertiary/aromatic N) is 3. The maximum absolute atomic E-state index is 2.30. The van der Waals surface area contributed by atoms with Gasteiger partial charge in [0, 0.05) is 65.1 Å². The predicted octanol–water partition coefficient (Wildman–Crippen LogP) is 7.11. The summed E-state index contributed by atoms with van der Waals surface area (Å²) in [6, 6.07) is 38.0. The molecule has 0 radical (unpaired) electrons. The maximum atomic E-state index is 2.30. The molecule has 4 aromatic carbocycles. The van der Waals surface area contributed by atoms with Crippen LogP contribution in [0.4, 0.5) is 17.1 Å². The molecule has 0 unspecified atom stereocenters. The van der Waals surface area contributed by atoms with Gasteiger partial charge in [-0.15, -0.1) is 11.8 Å². The van der Waals surface area contributed by atoms with E-state index in [-0.39, 0.29) is 4.75 Å². The average molecular weight is 496 g/mol.